The Balaban J connectivity index is 1.44. The molecule has 0 spiro atoms. The highest BCUT2D eigenvalue weighted by atomic mass is 35.5. The zero-order valence-corrected chi connectivity index (χ0v) is 21.6. The lowest BCUT2D eigenvalue weighted by atomic mass is 10.1. The quantitative estimate of drug-likeness (QED) is 0.430. The predicted octanol–water partition coefficient (Wildman–Crippen LogP) is 2.98. The van der Waals surface area contributed by atoms with E-state index in [-0.39, 0.29) is 30.3 Å². The number of ketones is 1. The van der Waals surface area contributed by atoms with Gasteiger partial charge in [0, 0.05) is 43.4 Å². The van der Waals surface area contributed by atoms with E-state index in [0.29, 0.717) is 48.0 Å². The number of nitrogens with zero attached hydrogens (tertiary/aromatic N) is 3. The molecule has 1 saturated heterocycles. The van der Waals surface area contributed by atoms with Gasteiger partial charge in [0.2, 0.25) is 10.0 Å². The van der Waals surface area contributed by atoms with Crippen molar-refractivity contribution in [3.63, 3.8) is 0 Å². The van der Waals surface area contributed by atoms with Crippen LogP contribution in [0.25, 0.3) is 0 Å². The number of benzene rings is 2. The number of halogens is 1. The Morgan fingerprint density at radius 2 is 1.61 bits per heavy atom. The van der Waals surface area contributed by atoms with Crippen molar-refractivity contribution in [1.29, 1.82) is 0 Å². The van der Waals surface area contributed by atoms with Crippen LogP contribution in [0.5, 0.6) is 0 Å². The minimum atomic E-state index is -3.63. The van der Waals surface area contributed by atoms with Crippen molar-refractivity contribution in [2.24, 2.45) is 5.73 Å². The molecule has 1 aliphatic heterocycles. The van der Waals surface area contributed by atoms with Crippen LogP contribution < -0.4 is 5.73 Å². The average Bonchev–Trinajstić information content (AvgIpc) is 3.20. The van der Waals surface area contributed by atoms with E-state index in [2.05, 4.69) is 0 Å². The van der Waals surface area contributed by atoms with Crippen LogP contribution in [-0.4, -0.2) is 66.6 Å². The minimum Gasteiger partial charge on any atom is -0.366 e. The molecular formula is C26H29ClN4O4S. The number of rotatable bonds is 9. The maximum atomic E-state index is 13.3. The summed E-state index contributed by atoms with van der Waals surface area (Å²) in [5.74, 6) is -0.700. The number of nitrogens with two attached hydrogens (primary N) is 1. The molecule has 0 unspecified atom stereocenters. The summed E-state index contributed by atoms with van der Waals surface area (Å²) >= 11 is 5.88. The molecule has 4 rings (SSSR count). The van der Waals surface area contributed by atoms with E-state index < -0.39 is 15.9 Å². The van der Waals surface area contributed by atoms with Crippen molar-refractivity contribution in [2.45, 2.75) is 24.8 Å². The van der Waals surface area contributed by atoms with Crippen molar-refractivity contribution < 1.29 is 18.0 Å². The molecule has 36 heavy (non-hydrogen) atoms. The standard InChI is InChI=1S/C26H29ClN4O4S/c1-19-23(26(28)33)17-24(31(19)12-11-20-5-3-2-4-6-20)25(32)18-29-13-15-30(16-14-29)36(34,35)22-9-7-21(27)8-10-22/h2-10,17H,11-16,18H2,1H3,(H2,28,33). The number of aryl methyl sites for hydroxylation is 1. The maximum absolute atomic E-state index is 13.3. The molecule has 1 aliphatic rings. The lowest BCUT2D eigenvalue weighted by Crippen LogP contribution is -2.49. The molecule has 190 valence electrons. The first-order valence-corrected chi connectivity index (χ1v) is 13.5. The van der Waals surface area contributed by atoms with E-state index in [9.17, 15) is 18.0 Å². The van der Waals surface area contributed by atoms with Crippen LogP contribution in [0.1, 0.15) is 32.1 Å². The summed E-state index contributed by atoms with van der Waals surface area (Å²) in [6.07, 6.45) is 0.704. The monoisotopic (exact) mass is 528 g/mol. The Kier molecular flexibility index (Phi) is 7.94. The van der Waals surface area contributed by atoms with Gasteiger partial charge in [-0.15, -0.1) is 0 Å². The van der Waals surface area contributed by atoms with Crippen LogP contribution in [0, 0.1) is 6.92 Å². The Labute approximate surface area is 216 Å². The summed E-state index contributed by atoms with van der Waals surface area (Å²) in [7, 11) is -3.63. The number of sulfonamides is 1. The molecule has 0 bridgehead atoms. The summed E-state index contributed by atoms with van der Waals surface area (Å²) in [4.78, 5) is 27.4. The summed E-state index contributed by atoms with van der Waals surface area (Å²) in [5.41, 5.74) is 8.13. The predicted molar refractivity (Wildman–Crippen MR) is 139 cm³/mol. The second kappa shape index (κ2) is 11.0. The Morgan fingerprint density at radius 1 is 0.972 bits per heavy atom. The van der Waals surface area contributed by atoms with Gasteiger partial charge in [0.25, 0.3) is 5.91 Å². The molecule has 1 aromatic heterocycles. The van der Waals surface area contributed by atoms with Crippen molar-refractivity contribution >= 4 is 33.3 Å². The fourth-order valence-corrected chi connectivity index (χ4v) is 6.02. The second-order valence-electron chi connectivity index (χ2n) is 8.84. The Morgan fingerprint density at radius 3 is 2.22 bits per heavy atom. The molecule has 3 aromatic rings. The zero-order valence-electron chi connectivity index (χ0n) is 20.1. The molecule has 2 N–H and O–H groups in total. The zero-order chi connectivity index (χ0) is 25.9. The highest BCUT2D eigenvalue weighted by Gasteiger charge is 2.30. The van der Waals surface area contributed by atoms with Crippen LogP contribution in [0.15, 0.2) is 65.6 Å². The highest BCUT2D eigenvalue weighted by molar-refractivity contribution is 7.89. The molecule has 0 saturated carbocycles. The number of piperazine rings is 1. The van der Waals surface area contributed by atoms with Gasteiger partial charge in [-0.05, 0) is 49.2 Å². The second-order valence-corrected chi connectivity index (χ2v) is 11.2. The molecule has 0 aliphatic carbocycles. The van der Waals surface area contributed by atoms with Crippen LogP contribution in [-0.2, 0) is 23.0 Å². The van der Waals surface area contributed by atoms with Gasteiger partial charge in [-0.1, -0.05) is 41.9 Å². The lowest BCUT2D eigenvalue weighted by Gasteiger charge is -2.33. The number of aromatic nitrogens is 1. The number of primary amides is 1. The first-order valence-electron chi connectivity index (χ1n) is 11.7. The molecule has 2 aromatic carbocycles. The third kappa shape index (κ3) is 5.70. The number of Topliss-reactive ketones (excluding diaryl/α,β-unsaturated/α-hetero) is 1. The molecule has 0 radical (unpaired) electrons. The van der Waals surface area contributed by atoms with Gasteiger partial charge < -0.3 is 10.3 Å². The van der Waals surface area contributed by atoms with Gasteiger partial charge in [0.15, 0.2) is 5.78 Å². The van der Waals surface area contributed by atoms with Crippen LogP contribution in [0.3, 0.4) is 0 Å². The van der Waals surface area contributed by atoms with E-state index in [1.54, 1.807) is 25.1 Å². The molecule has 8 nitrogen and oxygen atoms in total. The molecule has 10 heteroatoms. The molecule has 0 atom stereocenters. The van der Waals surface area contributed by atoms with E-state index >= 15 is 0 Å². The van der Waals surface area contributed by atoms with Gasteiger partial charge in [-0.2, -0.15) is 4.31 Å². The number of amides is 1. The SMILES string of the molecule is Cc1c(C(N)=O)cc(C(=O)CN2CCN(S(=O)(=O)c3ccc(Cl)cc3)CC2)n1CCc1ccccc1. The largest absolute Gasteiger partial charge is 0.366 e. The fourth-order valence-electron chi connectivity index (χ4n) is 4.47. The Bertz CT molecular complexity index is 1350. The highest BCUT2D eigenvalue weighted by Crippen LogP contribution is 2.21. The van der Waals surface area contributed by atoms with E-state index in [0.717, 1.165) is 5.56 Å². The normalized spacial score (nSPS) is 15.2. The van der Waals surface area contributed by atoms with E-state index in [4.69, 9.17) is 17.3 Å². The third-order valence-corrected chi connectivity index (χ3v) is 8.70. The molecular weight excluding hydrogens is 500 g/mol. The van der Waals surface area contributed by atoms with Gasteiger partial charge >= 0.3 is 0 Å². The summed E-state index contributed by atoms with van der Waals surface area (Å²) in [6.45, 7) is 3.86. The topological polar surface area (TPSA) is 106 Å². The van der Waals surface area contributed by atoms with Crippen molar-refractivity contribution in [3.8, 4) is 0 Å². The van der Waals surface area contributed by atoms with Gasteiger partial charge in [0.05, 0.1) is 22.7 Å². The van der Waals surface area contributed by atoms with E-state index in [1.165, 1.54) is 16.4 Å². The molecule has 1 amide bonds. The summed E-state index contributed by atoms with van der Waals surface area (Å²) in [6, 6.07) is 17.6. The van der Waals surface area contributed by atoms with Crippen LogP contribution >= 0.6 is 11.6 Å². The maximum Gasteiger partial charge on any atom is 0.250 e. The Hall–Kier alpha value is -2.98. The first kappa shape index (κ1) is 26.1. The minimum absolute atomic E-state index is 0.127. The van der Waals surface area contributed by atoms with Crippen LogP contribution in [0.2, 0.25) is 5.02 Å². The van der Waals surface area contributed by atoms with Crippen molar-refractivity contribution in [3.05, 3.63) is 88.2 Å². The van der Waals surface area contributed by atoms with Crippen molar-refractivity contribution in [1.82, 2.24) is 13.8 Å². The van der Waals surface area contributed by atoms with Gasteiger partial charge in [-0.25, -0.2) is 8.42 Å². The van der Waals surface area contributed by atoms with Crippen molar-refractivity contribution in [2.75, 3.05) is 32.7 Å². The lowest BCUT2D eigenvalue weighted by molar-refractivity contribution is 0.0892. The van der Waals surface area contributed by atoms with Crippen LogP contribution in [0.4, 0.5) is 0 Å². The van der Waals surface area contributed by atoms with E-state index in [1.807, 2.05) is 39.8 Å². The molecule has 1 fully saturated rings. The number of carbonyl (C=O) groups is 2. The number of hydrogen-bond donors (Lipinski definition) is 1. The fraction of sp³-hybridized carbons (Fsp3) is 0.308. The summed E-state index contributed by atoms with van der Waals surface area (Å²) in [5, 5.41) is 0.473. The number of carbonyl (C=O) groups excluding carboxylic acids is 2. The van der Waals surface area contributed by atoms with Gasteiger partial charge in [0.1, 0.15) is 0 Å². The first-order chi connectivity index (χ1) is 17.2. The molecule has 2 heterocycles. The number of hydrogen-bond acceptors (Lipinski definition) is 5. The summed E-state index contributed by atoms with van der Waals surface area (Å²) < 4.78 is 29.2. The average molecular weight is 529 g/mol. The third-order valence-electron chi connectivity index (χ3n) is 6.53. The van der Waals surface area contributed by atoms with Gasteiger partial charge in [-0.3, -0.25) is 14.5 Å². The smallest absolute Gasteiger partial charge is 0.250 e.